The molecule has 0 amide bonds. The van der Waals surface area contributed by atoms with Gasteiger partial charge in [-0.05, 0) is 31.6 Å². The first-order chi connectivity index (χ1) is 4.55. The molecule has 1 heteroatoms. The van der Waals surface area contributed by atoms with Crippen molar-refractivity contribution in [3.8, 4) is 0 Å². The van der Waals surface area contributed by atoms with Gasteiger partial charge < -0.3 is 5.11 Å². The second-order valence-electron chi connectivity index (χ2n) is 3.96. The Hall–Kier alpha value is -0.0400. The van der Waals surface area contributed by atoms with Gasteiger partial charge in [0.05, 0.1) is 5.60 Å². The molecule has 2 unspecified atom stereocenters. The van der Waals surface area contributed by atoms with Gasteiger partial charge in [-0.15, -0.1) is 0 Å². The molecular weight excluding hydrogens is 124 g/mol. The normalized spacial score (nSPS) is 49.2. The molecule has 0 aliphatic heterocycles. The van der Waals surface area contributed by atoms with Gasteiger partial charge in [0.1, 0.15) is 0 Å². The second kappa shape index (κ2) is 2.54. The van der Waals surface area contributed by atoms with Crippen molar-refractivity contribution >= 4 is 0 Å². The highest BCUT2D eigenvalue weighted by molar-refractivity contribution is 4.88. The molecule has 10 heavy (non-hydrogen) atoms. The molecule has 0 aromatic carbocycles. The predicted octanol–water partition coefficient (Wildman–Crippen LogP) is 2.19. The summed E-state index contributed by atoms with van der Waals surface area (Å²) >= 11 is 0. The number of aliphatic hydroxyl groups is 1. The van der Waals surface area contributed by atoms with Crippen LogP contribution in [0.1, 0.15) is 40.0 Å². The first-order valence-corrected chi connectivity index (χ1v) is 4.27. The Morgan fingerprint density at radius 1 is 1.20 bits per heavy atom. The van der Waals surface area contributed by atoms with E-state index in [0.29, 0.717) is 11.8 Å². The van der Waals surface area contributed by atoms with E-state index in [1.54, 1.807) is 0 Å². The molecular formula is C9H18O. The van der Waals surface area contributed by atoms with Gasteiger partial charge in [0.25, 0.3) is 0 Å². The van der Waals surface area contributed by atoms with Gasteiger partial charge in [0.15, 0.2) is 0 Å². The molecule has 0 heterocycles. The molecule has 0 radical (unpaired) electrons. The van der Waals surface area contributed by atoms with Crippen molar-refractivity contribution in [3.05, 3.63) is 0 Å². The summed E-state index contributed by atoms with van der Waals surface area (Å²) in [6.07, 6.45) is 3.67. The van der Waals surface area contributed by atoms with Crippen LogP contribution in [0.4, 0.5) is 0 Å². The summed E-state index contributed by atoms with van der Waals surface area (Å²) in [5.41, 5.74) is -0.405. The lowest BCUT2D eigenvalue weighted by Gasteiger charge is -2.40. The Morgan fingerprint density at radius 2 is 1.60 bits per heavy atom. The molecule has 1 fully saturated rings. The van der Waals surface area contributed by atoms with E-state index in [4.69, 9.17) is 0 Å². The molecule has 1 N–H and O–H groups in total. The van der Waals surface area contributed by atoms with Gasteiger partial charge in [-0.1, -0.05) is 20.3 Å². The topological polar surface area (TPSA) is 20.2 Å². The molecule has 1 saturated carbocycles. The van der Waals surface area contributed by atoms with Crippen molar-refractivity contribution in [2.45, 2.75) is 45.6 Å². The number of hydrogen-bond donors (Lipinski definition) is 1. The average molecular weight is 142 g/mol. The maximum absolute atomic E-state index is 9.91. The maximum Gasteiger partial charge on any atom is 0.0670 e. The zero-order valence-electron chi connectivity index (χ0n) is 7.22. The van der Waals surface area contributed by atoms with Crippen molar-refractivity contribution in [1.82, 2.24) is 0 Å². The second-order valence-corrected chi connectivity index (χ2v) is 3.96. The zero-order chi connectivity index (χ0) is 7.78. The van der Waals surface area contributed by atoms with Gasteiger partial charge in [-0.2, -0.15) is 0 Å². The number of hydrogen-bond acceptors (Lipinski definition) is 1. The summed E-state index contributed by atoms with van der Waals surface area (Å²) in [6.45, 7) is 6.27. The monoisotopic (exact) mass is 142 g/mol. The van der Waals surface area contributed by atoms with Crippen LogP contribution >= 0.6 is 0 Å². The van der Waals surface area contributed by atoms with Crippen LogP contribution in [0, 0.1) is 11.8 Å². The lowest BCUT2D eigenvalue weighted by molar-refractivity contribution is -0.0662. The van der Waals surface area contributed by atoms with Gasteiger partial charge in [0, 0.05) is 0 Å². The van der Waals surface area contributed by atoms with Crippen molar-refractivity contribution in [2.24, 2.45) is 11.8 Å². The molecule has 60 valence electrons. The van der Waals surface area contributed by atoms with E-state index in [1.807, 2.05) is 6.92 Å². The van der Waals surface area contributed by atoms with Gasteiger partial charge in [0.2, 0.25) is 0 Å². The molecule has 0 spiro atoms. The van der Waals surface area contributed by atoms with Crippen LogP contribution in [0.25, 0.3) is 0 Å². The third-order valence-electron chi connectivity index (χ3n) is 3.27. The smallest absolute Gasteiger partial charge is 0.0670 e. The molecule has 2 atom stereocenters. The highest BCUT2D eigenvalue weighted by atomic mass is 16.3. The molecule has 1 nitrogen and oxygen atoms in total. The van der Waals surface area contributed by atoms with Crippen LogP contribution in [-0.2, 0) is 0 Å². The quantitative estimate of drug-likeness (QED) is 0.549. The summed E-state index contributed by atoms with van der Waals surface area (Å²) < 4.78 is 0. The minimum atomic E-state index is -0.405. The Morgan fingerprint density at radius 3 is 1.90 bits per heavy atom. The Bertz CT molecular complexity index is 106. The highest BCUT2D eigenvalue weighted by Gasteiger charge is 2.36. The lowest BCUT2D eigenvalue weighted by Crippen LogP contribution is -2.42. The van der Waals surface area contributed by atoms with E-state index in [-0.39, 0.29) is 0 Å². The molecule has 1 aliphatic rings. The summed E-state index contributed by atoms with van der Waals surface area (Å²) in [7, 11) is 0. The van der Waals surface area contributed by atoms with E-state index >= 15 is 0 Å². The third-order valence-corrected chi connectivity index (χ3v) is 3.27. The first-order valence-electron chi connectivity index (χ1n) is 4.27. The fourth-order valence-corrected chi connectivity index (χ4v) is 1.80. The average Bonchev–Trinajstić information content (AvgIpc) is 1.84. The zero-order valence-corrected chi connectivity index (χ0v) is 7.22. The third kappa shape index (κ3) is 1.20. The van der Waals surface area contributed by atoms with Crippen LogP contribution in [0.5, 0.6) is 0 Å². The van der Waals surface area contributed by atoms with Gasteiger partial charge in [-0.25, -0.2) is 0 Å². The van der Waals surface area contributed by atoms with Crippen molar-refractivity contribution in [1.29, 1.82) is 0 Å². The molecule has 0 aromatic rings. The minimum absolute atomic E-state index is 0.405. The van der Waals surface area contributed by atoms with E-state index in [2.05, 4.69) is 13.8 Å². The minimum Gasteiger partial charge on any atom is -0.390 e. The van der Waals surface area contributed by atoms with E-state index in [1.165, 1.54) is 19.3 Å². The predicted molar refractivity (Wildman–Crippen MR) is 42.8 cm³/mol. The van der Waals surface area contributed by atoms with Crippen LogP contribution in [-0.4, -0.2) is 10.7 Å². The van der Waals surface area contributed by atoms with Crippen LogP contribution in [0.3, 0.4) is 0 Å². The van der Waals surface area contributed by atoms with Crippen LogP contribution < -0.4 is 0 Å². The summed E-state index contributed by atoms with van der Waals surface area (Å²) in [5, 5.41) is 9.91. The molecule has 1 aliphatic carbocycles. The summed E-state index contributed by atoms with van der Waals surface area (Å²) in [4.78, 5) is 0. The van der Waals surface area contributed by atoms with Crippen LogP contribution in [0.2, 0.25) is 0 Å². The Kier molecular flexibility index (Phi) is 2.04. The van der Waals surface area contributed by atoms with E-state index in [9.17, 15) is 5.11 Å². The molecule has 0 saturated heterocycles. The van der Waals surface area contributed by atoms with Gasteiger partial charge in [-0.3, -0.25) is 0 Å². The number of rotatable bonds is 0. The SMILES string of the molecule is CC1CCCC(C)C1(C)O. The summed E-state index contributed by atoms with van der Waals surface area (Å²) in [6, 6.07) is 0. The van der Waals surface area contributed by atoms with Crippen molar-refractivity contribution in [2.75, 3.05) is 0 Å². The highest BCUT2D eigenvalue weighted by Crippen LogP contribution is 2.37. The maximum atomic E-state index is 9.91. The van der Waals surface area contributed by atoms with E-state index in [0.717, 1.165) is 0 Å². The van der Waals surface area contributed by atoms with Crippen molar-refractivity contribution in [3.63, 3.8) is 0 Å². The first kappa shape index (κ1) is 8.06. The van der Waals surface area contributed by atoms with E-state index < -0.39 is 5.60 Å². The fraction of sp³-hybridized carbons (Fsp3) is 1.00. The molecule has 0 aromatic heterocycles. The molecule has 1 rings (SSSR count). The van der Waals surface area contributed by atoms with Gasteiger partial charge >= 0.3 is 0 Å². The largest absolute Gasteiger partial charge is 0.390 e. The van der Waals surface area contributed by atoms with Crippen molar-refractivity contribution < 1.29 is 5.11 Å². The Labute approximate surface area is 63.4 Å². The summed E-state index contributed by atoms with van der Waals surface area (Å²) in [5.74, 6) is 0.965. The standard InChI is InChI=1S/C9H18O/c1-7-5-4-6-8(2)9(7,3)10/h7-8,10H,4-6H2,1-3H3. The van der Waals surface area contributed by atoms with Crippen LogP contribution in [0.15, 0.2) is 0 Å². The lowest BCUT2D eigenvalue weighted by atomic mass is 9.71. The Balaban J connectivity index is 2.63. The fourth-order valence-electron chi connectivity index (χ4n) is 1.80. The molecule has 0 bridgehead atoms.